The molecule has 1 aromatic heterocycles. The minimum absolute atomic E-state index is 0.0446. The molecule has 0 amide bonds. The predicted molar refractivity (Wildman–Crippen MR) is 65.2 cm³/mol. The molecule has 1 atom stereocenters. The number of ether oxygens (including phenoxy) is 1. The molecular weight excluding hydrogens is 202 g/mol. The highest BCUT2D eigenvalue weighted by molar-refractivity contribution is 5.19. The number of hydrogen-bond donors (Lipinski definition) is 1. The van der Waals surface area contributed by atoms with Gasteiger partial charge in [-0.25, -0.2) is 0 Å². The van der Waals surface area contributed by atoms with Crippen LogP contribution in [0.4, 0.5) is 0 Å². The molecule has 0 aliphatic rings. The molecule has 4 heteroatoms. The van der Waals surface area contributed by atoms with Gasteiger partial charge in [0.1, 0.15) is 0 Å². The Balaban J connectivity index is 2.59. The van der Waals surface area contributed by atoms with E-state index < -0.39 is 0 Å². The van der Waals surface area contributed by atoms with Crippen molar-refractivity contribution in [1.29, 1.82) is 0 Å². The standard InChI is InChI=1S/C12H23N3O/c1-9-10(8-15(4)14-9)11(13)6-7-12(2,3)16-5/h8,11H,6-7,13H2,1-5H3. The quantitative estimate of drug-likeness (QED) is 0.833. The lowest BCUT2D eigenvalue weighted by atomic mass is 9.96. The van der Waals surface area contributed by atoms with E-state index in [1.165, 1.54) is 0 Å². The largest absolute Gasteiger partial charge is 0.379 e. The number of nitrogens with two attached hydrogens (primary N) is 1. The van der Waals surface area contributed by atoms with Crippen molar-refractivity contribution in [3.8, 4) is 0 Å². The summed E-state index contributed by atoms with van der Waals surface area (Å²) in [5.74, 6) is 0. The molecule has 0 radical (unpaired) electrons. The molecule has 0 aromatic carbocycles. The fourth-order valence-electron chi connectivity index (χ4n) is 1.74. The Hall–Kier alpha value is -0.870. The number of aromatic nitrogens is 2. The number of rotatable bonds is 5. The summed E-state index contributed by atoms with van der Waals surface area (Å²) in [5.41, 5.74) is 8.21. The van der Waals surface area contributed by atoms with Gasteiger partial charge in [-0.1, -0.05) is 0 Å². The summed E-state index contributed by atoms with van der Waals surface area (Å²) < 4.78 is 7.19. The van der Waals surface area contributed by atoms with Crippen LogP contribution in [0.2, 0.25) is 0 Å². The SMILES string of the molecule is COC(C)(C)CCC(N)c1cn(C)nc1C. The van der Waals surface area contributed by atoms with Gasteiger partial charge in [0.25, 0.3) is 0 Å². The maximum absolute atomic E-state index is 6.16. The molecule has 92 valence electrons. The normalized spacial score (nSPS) is 14.1. The van der Waals surface area contributed by atoms with Gasteiger partial charge in [-0.15, -0.1) is 0 Å². The lowest BCUT2D eigenvalue weighted by Crippen LogP contribution is -2.24. The van der Waals surface area contributed by atoms with Crippen LogP contribution < -0.4 is 5.73 Å². The number of nitrogens with zero attached hydrogens (tertiary/aromatic N) is 2. The average molecular weight is 225 g/mol. The molecule has 0 fully saturated rings. The molecule has 1 unspecified atom stereocenters. The van der Waals surface area contributed by atoms with E-state index in [4.69, 9.17) is 10.5 Å². The van der Waals surface area contributed by atoms with Crippen molar-refractivity contribution in [1.82, 2.24) is 9.78 Å². The van der Waals surface area contributed by atoms with Crippen LogP contribution >= 0.6 is 0 Å². The highest BCUT2D eigenvalue weighted by Gasteiger charge is 2.20. The van der Waals surface area contributed by atoms with Crippen molar-refractivity contribution in [3.05, 3.63) is 17.5 Å². The van der Waals surface area contributed by atoms with Crippen LogP contribution in [-0.2, 0) is 11.8 Å². The third kappa shape index (κ3) is 3.32. The zero-order valence-electron chi connectivity index (χ0n) is 10.9. The second-order valence-electron chi connectivity index (χ2n) is 4.95. The monoisotopic (exact) mass is 225 g/mol. The Morgan fingerprint density at radius 3 is 2.62 bits per heavy atom. The maximum Gasteiger partial charge on any atom is 0.0641 e. The van der Waals surface area contributed by atoms with Gasteiger partial charge in [0.05, 0.1) is 11.3 Å². The summed E-state index contributed by atoms with van der Waals surface area (Å²) >= 11 is 0. The molecule has 1 heterocycles. The molecule has 0 saturated heterocycles. The fraction of sp³-hybridized carbons (Fsp3) is 0.750. The maximum atomic E-state index is 6.16. The van der Waals surface area contributed by atoms with Gasteiger partial charge in [0.15, 0.2) is 0 Å². The van der Waals surface area contributed by atoms with Crippen molar-refractivity contribution >= 4 is 0 Å². The van der Waals surface area contributed by atoms with Crippen molar-refractivity contribution in [2.45, 2.75) is 45.3 Å². The molecule has 16 heavy (non-hydrogen) atoms. The van der Waals surface area contributed by atoms with Crippen LogP contribution in [0.5, 0.6) is 0 Å². The van der Waals surface area contributed by atoms with E-state index in [1.54, 1.807) is 7.11 Å². The average Bonchev–Trinajstić information content (AvgIpc) is 2.54. The Morgan fingerprint density at radius 1 is 1.56 bits per heavy atom. The minimum atomic E-state index is -0.103. The second kappa shape index (κ2) is 4.97. The fourth-order valence-corrected chi connectivity index (χ4v) is 1.74. The van der Waals surface area contributed by atoms with E-state index in [0.717, 1.165) is 24.1 Å². The van der Waals surface area contributed by atoms with Gasteiger partial charge in [0, 0.05) is 32.0 Å². The van der Waals surface area contributed by atoms with Crippen molar-refractivity contribution < 1.29 is 4.74 Å². The van der Waals surface area contributed by atoms with Crippen molar-refractivity contribution in [2.75, 3.05) is 7.11 Å². The summed E-state index contributed by atoms with van der Waals surface area (Å²) in [5, 5.41) is 4.30. The predicted octanol–water partition coefficient (Wildman–Crippen LogP) is 1.93. The van der Waals surface area contributed by atoms with E-state index in [1.807, 2.05) is 24.9 Å². The van der Waals surface area contributed by atoms with E-state index in [9.17, 15) is 0 Å². The van der Waals surface area contributed by atoms with Gasteiger partial charge in [0.2, 0.25) is 0 Å². The molecule has 1 aromatic rings. The van der Waals surface area contributed by atoms with E-state index >= 15 is 0 Å². The molecule has 0 spiro atoms. The van der Waals surface area contributed by atoms with E-state index in [-0.39, 0.29) is 11.6 Å². The lowest BCUT2D eigenvalue weighted by Gasteiger charge is -2.24. The molecule has 0 saturated carbocycles. The molecule has 1 rings (SSSR count). The Kier molecular flexibility index (Phi) is 4.10. The molecule has 4 nitrogen and oxygen atoms in total. The van der Waals surface area contributed by atoms with Crippen LogP contribution in [0.15, 0.2) is 6.20 Å². The van der Waals surface area contributed by atoms with Gasteiger partial charge < -0.3 is 10.5 Å². The summed E-state index contributed by atoms with van der Waals surface area (Å²) in [6.07, 6.45) is 3.85. The van der Waals surface area contributed by atoms with E-state index in [2.05, 4.69) is 18.9 Å². The Labute approximate surface area is 97.8 Å². The lowest BCUT2D eigenvalue weighted by molar-refractivity contribution is 0.0125. The number of aryl methyl sites for hydroxylation is 2. The molecular formula is C12H23N3O. The van der Waals surface area contributed by atoms with Gasteiger partial charge in [-0.05, 0) is 33.6 Å². The Morgan fingerprint density at radius 2 is 2.19 bits per heavy atom. The Bertz CT molecular complexity index is 344. The van der Waals surface area contributed by atoms with E-state index in [0.29, 0.717) is 0 Å². The zero-order valence-corrected chi connectivity index (χ0v) is 10.9. The zero-order chi connectivity index (χ0) is 12.3. The third-order valence-electron chi connectivity index (χ3n) is 3.06. The van der Waals surface area contributed by atoms with Crippen LogP contribution in [-0.4, -0.2) is 22.5 Å². The van der Waals surface area contributed by atoms with Gasteiger partial charge >= 0.3 is 0 Å². The highest BCUT2D eigenvalue weighted by Crippen LogP contribution is 2.24. The van der Waals surface area contributed by atoms with Crippen LogP contribution in [0, 0.1) is 6.92 Å². The first-order valence-corrected chi connectivity index (χ1v) is 5.66. The highest BCUT2D eigenvalue weighted by atomic mass is 16.5. The first-order valence-electron chi connectivity index (χ1n) is 5.66. The molecule has 2 N–H and O–H groups in total. The first-order chi connectivity index (χ1) is 7.35. The summed E-state index contributed by atoms with van der Waals surface area (Å²) in [4.78, 5) is 0. The van der Waals surface area contributed by atoms with Crippen molar-refractivity contribution in [3.63, 3.8) is 0 Å². The number of hydrogen-bond acceptors (Lipinski definition) is 3. The van der Waals surface area contributed by atoms with Gasteiger partial charge in [-0.3, -0.25) is 4.68 Å². The summed E-state index contributed by atoms with van der Waals surface area (Å²) in [7, 11) is 3.66. The summed E-state index contributed by atoms with van der Waals surface area (Å²) in [6.45, 7) is 6.16. The third-order valence-corrected chi connectivity index (χ3v) is 3.06. The van der Waals surface area contributed by atoms with Crippen LogP contribution in [0.3, 0.4) is 0 Å². The molecule has 0 aliphatic carbocycles. The van der Waals surface area contributed by atoms with Crippen LogP contribution in [0.1, 0.15) is 44.0 Å². The molecule has 0 bridgehead atoms. The first kappa shape index (κ1) is 13.2. The summed E-state index contributed by atoms with van der Waals surface area (Å²) in [6, 6.07) is 0.0446. The second-order valence-corrected chi connectivity index (χ2v) is 4.95. The smallest absolute Gasteiger partial charge is 0.0641 e. The molecule has 0 aliphatic heterocycles. The van der Waals surface area contributed by atoms with Crippen molar-refractivity contribution in [2.24, 2.45) is 12.8 Å². The number of methoxy groups -OCH3 is 1. The van der Waals surface area contributed by atoms with Gasteiger partial charge in [-0.2, -0.15) is 5.10 Å². The topological polar surface area (TPSA) is 53.1 Å². The van der Waals surface area contributed by atoms with Crippen LogP contribution in [0.25, 0.3) is 0 Å². The minimum Gasteiger partial charge on any atom is -0.379 e.